The van der Waals surface area contributed by atoms with Gasteiger partial charge in [-0.25, -0.2) is 4.98 Å². The van der Waals surface area contributed by atoms with Crippen molar-refractivity contribution in [1.82, 2.24) is 19.6 Å². The fourth-order valence-electron chi connectivity index (χ4n) is 1.20. The SMILES string of the molecule is CSCc1nc2nc(C)cc(O)n2n1. The number of aromatic hydroxyl groups is 1. The van der Waals surface area contributed by atoms with Gasteiger partial charge in [-0.2, -0.15) is 21.3 Å². The highest BCUT2D eigenvalue weighted by Crippen LogP contribution is 2.13. The van der Waals surface area contributed by atoms with Gasteiger partial charge in [0.1, 0.15) is 0 Å². The van der Waals surface area contributed by atoms with Gasteiger partial charge >= 0.3 is 0 Å². The van der Waals surface area contributed by atoms with Crippen LogP contribution >= 0.6 is 11.8 Å². The first-order valence-corrected chi connectivity index (χ1v) is 5.51. The van der Waals surface area contributed by atoms with E-state index in [0.29, 0.717) is 11.6 Å². The highest BCUT2D eigenvalue weighted by atomic mass is 32.2. The van der Waals surface area contributed by atoms with Crippen molar-refractivity contribution in [3.63, 3.8) is 0 Å². The molecule has 0 unspecified atom stereocenters. The Labute approximate surface area is 85.2 Å². The normalized spacial score (nSPS) is 11.0. The molecule has 1 N–H and O–H groups in total. The molecule has 0 aliphatic heterocycles. The van der Waals surface area contributed by atoms with E-state index in [2.05, 4.69) is 15.1 Å². The van der Waals surface area contributed by atoms with Crippen molar-refractivity contribution >= 4 is 17.5 Å². The van der Waals surface area contributed by atoms with Crippen molar-refractivity contribution in [2.75, 3.05) is 6.26 Å². The molecule has 0 aliphatic carbocycles. The number of rotatable bonds is 2. The first-order valence-electron chi connectivity index (χ1n) is 4.12. The molecule has 2 heterocycles. The lowest BCUT2D eigenvalue weighted by Gasteiger charge is -1.95. The molecule has 0 bridgehead atoms. The van der Waals surface area contributed by atoms with E-state index in [-0.39, 0.29) is 5.88 Å². The molecular weight excluding hydrogens is 200 g/mol. The van der Waals surface area contributed by atoms with Crippen LogP contribution in [-0.2, 0) is 5.75 Å². The van der Waals surface area contributed by atoms with Crippen molar-refractivity contribution < 1.29 is 5.11 Å². The van der Waals surface area contributed by atoms with Crippen LogP contribution in [0.25, 0.3) is 5.78 Å². The summed E-state index contributed by atoms with van der Waals surface area (Å²) in [4.78, 5) is 8.34. The fraction of sp³-hybridized carbons (Fsp3) is 0.375. The number of hydrogen-bond acceptors (Lipinski definition) is 5. The summed E-state index contributed by atoms with van der Waals surface area (Å²) in [5.41, 5.74) is 0.734. The minimum atomic E-state index is 0.0763. The first-order chi connectivity index (χ1) is 6.70. The topological polar surface area (TPSA) is 63.3 Å². The summed E-state index contributed by atoms with van der Waals surface area (Å²) < 4.78 is 1.35. The molecule has 0 radical (unpaired) electrons. The van der Waals surface area contributed by atoms with Gasteiger partial charge in [0.15, 0.2) is 5.82 Å². The van der Waals surface area contributed by atoms with Gasteiger partial charge in [0.2, 0.25) is 5.88 Å². The van der Waals surface area contributed by atoms with Crippen molar-refractivity contribution in [2.24, 2.45) is 0 Å². The van der Waals surface area contributed by atoms with Gasteiger partial charge in [-0.1, -0.05) is 0 Å². The van der Waals surface area contributed by atoms with Gasteiger partial charge in [0.25, 0.3) is 5.78 Å². The molecule has 0 saturated heterocycles. The molecule has 14 heavy (non-hydrogen) atoms. The molecule has 0 amide bonds. The van der Waals surface area contributed by atoms with Crippen LogP contribution in [0.1, 0.15) is 11.5 Å². The average Bonchev–Trinajstić information content (AvgIpc) is 2.48. The monoisotopic (exact) mass is 210 g/mol. The summed E-state index contributed by atoms with van der Waals surface area (Å²) in [7, 11) is 0. The van der Waals surface area contributed by atoms with Crippen LogP contribution in [0, 0.1) is 6.92 Å². The molecule has 2 rings (SSSR count). The van der Waals surface area contributed by atoms with Gasteiger partial charge in [-0.3, -0.25) is 0 Å². The van der Waals surface area contributed by atoms with Gasteiger partial charge < -0.3 is 5.11 Å². The third-order valence-electron chi connectivity index (χ3n) is 1.74. The Hall–Kier alpha value is -1.30. The third kappa shape index (κ3) is 1.52. The Morgan fingerprint density at radius 2 is 2.29 bits per heavy atom. The van der Waals surface area contributed by atoms with E-state index in [9.17, 15) is 5.11 Å². The highest BCUT2D eigenvalue weighted by molar-refractivity contribution is 7.97. The molecule has 74 valence electrons. The molecule has 0 spiro atoms. The zero-order valence-corrected chi connectivity index (χ0v) is 8.75. The van der Waals surface area contributed by atoms with Gasteiger partial charge in [0.05, 0.1) is 5.75 Å². The van der Waals surface area contributed by atoms with E-state index in [1.165, 1.54) is 4.52 Å². The number of aromatic nitrogens is 4. The minimum Gasteiger partial charge on any atom is -0.493 e. The highest BCUT2D eigenvalue weighted by Gasteiger charge is 2.07. The summed E-state index contributed by atoms with van der Waals surface area (Å²) in [5, 5.41) is 13.7. The summed E-state index contributed by atoms with van der Waals surface area (Å²) in [6.45, 7) is 1.81. The second-order valence-corrected chi connectivity index (χ2v) is 3.79. The molecule has 2 aromatic rings. The molecule has 0 saturated carbocycles. The van der Waals surface area contributed by atoms with Crippen molar-refractivity contribution in [3.8, 4) is 5.88 Å². The number of aryl methyl sites for hydroxylation is 1. The first kappa shape index (κ1) is 9.26. The summed E-state index contributed by atoms with van der Waals surface area (Å²) in [6.07, 6.45) is 1.98. The number of fused-ring (bicyclic) bond motifs is 1. The van der Waals surface area contributed by atoms with Crippen LogP contribution in [0.2, 0.25) is 0 Å². The van der Waals surface area contributed by atoms with Gasteiger partial charge in [0, 0.05) is 11.8 Å². The molecule has 5 nitrogen and oxygen atoms in total. The van der Waals surface area contributed by atoms with E-state index in [1.807, 2.05) is 13.2 Å². The lowest BCUT2D eigenvalue weighted by Crippen LogP contribution is -1.93. The molecular formula is C8H10N4OS. The number of hydrogen-bond donors (Lipinski definition) is 1. The maximum Gasteiger partial charge on any atom is 0.255 e. The predicted molar refractivity (Wildman–Crippen MR) is 54.4 cm³/mol. The Morgan fingerprint density at radius 3 is 3.00 bits per heavy atom. The molecule has 0 aliphatic rings. The molecule has 2 aromatic heterocycles. The lowest BCUT2D eigenvalue weighted by atomic mass is 10.4. The van der Waals surface area contributed by atoms with Crippen LogP contribution in [-0.4, -0.2) is 30.9 Å². The molecule has 6 heteroatoms. The number of thioether (sulfide) groups is 1. The average molecular weight is 210 g/mol. The predicted octanol–water partition coefficient (Wildman–Crippen LogP) is 1.00. The number of nitrogens with zero attached hydrogens (tertiary/aromatic N) is 4. The Bertz CT molecular complexity index is 468. The van der Waals surface area contributed by atoms with Crippen LogP contribution in [0.5, 0.6) is 5.88 Å². The van der Waals surface area contributed by atoms with Crippen molar-refractivity contribution in [3.05, 3.63) is 17.6 Å². The second kappa shape index (κ2) is 3.45. The van der Waals surface area contributed by atoms with E-state index in [4.69, 9.17) is 0 Å². The van der Waals surface area contributed by atoms with Crippen LogP contribution in [0.4, 0.5) is 0 Å². The fourth-order valence-corrected chi connectivity index (χ4v) is 1.58. The standard InChI is InChI=1S/C8H10N4OS/c1-5-3-7(13)12-8(9-5)10-6(11-12)4-14-2/h3,13H,4H2,1-2H3. The van der Waals surface area contributed by atoms with E-state index in [0.717, 1.165) is 11.4 Å². The second-order valence-electron chi connectivity index (χ2n) is 2.93. The largest absolute Gasteiger partial charge is 0.493 e. The Morgan fingerprint density at radius 1 is 1.50 bits per heavy atom. The molecule has 0 aromatic carbocycles. The zero-order valence-electron chi connectivity index (χ0n) is 7.93. The van der Waals surface area contributed by atoms with Crippen molar-refractivity contribution in [1.29, 1.82) is 0 Å². The smallest absolute Gasteiger partial charge is 0.255 e. The maximum absolute atomic E-state index is 9.55. The van der Waals surface area contributed by atoms with E-state index < -0.39 is 0 Å². The minimum absolute atomic E-state index is 0.0763. The zero-order chi connectivity index (χ0) is 10.1. The van der Waals surface area contributed by atoms with Gasteiger partial charge in [-0.15, -0.1) is 5.10 Å². The molecule has 0 atom stereocenters. The van der Waals surface area contributed by atoms with Crippen LogP contribution in [0.3, 0.4) is 0 Å². The van der Waals surface area contributed by atoms with Crippen LogP contribution < -0.4 is 0 Å². The van der Waals surface area contributed by atoms with E-state index in [1.54, 1.807) is 17.8 Å². The lowest BCUT2D eigenvalue weighted by molar-refractivity contribution is 0.434. The third-order valence-corrected chi connectivity index (χ3v) is 2.29. The van der Waals surface area contributed by atoms with Crippen molar-refractivity contribution in [2.45, 2.75) is 12.7 Å². The maximum atomic E-state index is 9.55. The summed E-state index contributed by atoms with van der Waals surface area (Å²) in [5.74, 6) is 1.94. The van der Waals surface area contributed by atoms with E-state index >= 15 is 0 Å². The quantitative estimate of drug-likeness (QED) is 0.801. The summed E-state index contributed by atoms with van der Waals surface area (Å²) in [6, 6.07) is 1.56. The van der Waals surface area contributed by atoms with Crippen LogP contribution in [0.15, 0.2) is 6.07 Å². The van der Waals surface area contributed by atoms with Gasteiger partial charge in [-0.05, 0) is 13.2 Å². The molecule has 0 fully saturated rings. The Balaban J connectivity index is 2.58. The summed E-state index contributed by atoms with van der Waals surface area (Å²) >= 11 is 1.63. The Kier molecular flexibility index (Phi) is 2.28.